The number of nitrogens with zero attached hydrogens (tertiary/aromatic N) is 1. The van der Waals surface area contributed by atoms with Gasteiger partial charge in [-0.05, 0) is 20.8 Å². The first-order chi connectivity index (χ1) is 8.34. The molecule has 0 aromatic carbocycles. The number of amides is 1. The molecule has 6 heteroatoms. The fraction of sp³-hybridized carbons (Fsp3) is 0.917. The van der Waals surface area contributed by atoms with Crippen LogP contribution in [0, 0.1) is 5.92 Å². The second-order valence-corrected chi connectivity index (χ2v) is 5.92. The summed E-state index contributed by atoms with van der Waals surface area (Å²) in [6.45, 7) is 7.28. The van der Waals surface area contributed by atoms with Gasteiger partial charge in [-0.15, -0.1) is 0 Å². The van der Waals surface area contributed by atoms with Crippen molar-refractivity contribution >= 4 is 6.09 Å². The Labute approximate surface area is 107 Å². The fourth-order valence-electron chi connectivity index (χ4n) is 1.91. The monoisotopic (exact) mass is 259 g/mol. The van der Waals surface area contributed by atoms with Gasteiger partial charge in [-0.1, -0.05) is 0 Å². The third-order valence-electron chi connectivity index (χ3n) is 2.94. The maximum Gasteiger partial charge on any atom is 0.410 e. The van der Waals surface area contributed by atoms with Crippen LogP contribution in [0.25, 0.3) is 0 Å². The summed E-state index contributed by atoms with van der Waals surface area (Å²) in [6.07, 6.45) is -0.343. The molecule has 18 heavy (non-hydrogen) atoms. The lowest BCUT2D eigenvalue weighted by atomic mass is 10.1. The van der Waals surface area contributed by atoms with Gasteiger partial charge in [0.05, 0.1) is 32.9 Å². The minimum absolute atomic E-state index is 0.0335. The van der Waals surface area contributed by atoms with Crippen LogP contribution in [0.2, 0.25) is 0 Å². The van der Waals surface area contributed by atoms with E-state index in [2.05, 4.69) is 0 Å². The Morgan fingerprint density at radius 2 is 1.94 bits per heavy atom. The third-order valence-corrected chi connectivity index (χ3v) is 2.94. The molecule has 0 atom stereocenters. The summed E-state index contributed by atoms with van der Waals surface area (Å²) in [5.41, 5.74) is -0.490. The molecule has 2 fully saturated rings. The number of aliphatic hydroxyl groups is 1. The van der Waals surface area contributed by atoms with Crippen molar-refractivity contribution in [2.24, 2.45) is 5.92 Å². The normalized spacial score (nSPS) is 23.9. The Balaban J connectivity index is 1.78. The zero-order valence-corrected chi connectivity index (χ0v) is 11.1. The van der Waals surface area contributed by atoms with Crippen LogP contribution in [0.3, 0.4) is 0 Å². The Hall–Kier alpha value is -0.850. The molecule has 0 bridgehead atoms. The van der Waals surface area contributed by atoms with Gasteiger partial charge < -0.3 is 19.3 Å². The van der Waals surface area contributed by atoms with E-state index in [1.807, 2.05) is 20.8 Å². The number of carbonyl (C=O) groups is 1. The van der Waals surface area contributed by atoms with Crippen LogP contribution in [-0.4, -0.2) is 60.4 Å². The average molecular weight is 259 g/mol. The summed E-state index contributed by atoms with van der Waals surface area (Å²) in [5.74, 6) is -0.644. The number of likely N-dealkylation sites (tertiary alicyclic amines) is 1. The van der Waals surface area contributed by atoms with Crippen molar-refractivity contribution in [1.29, 1.82) is 0 Å². The zero-order chi connectivity index (χ0) is 13.4. The van der Waals surface area contributed by atoms with Gasteiger partial charge in [-0.2, -0.15) is 0 Å². The molecule has 1 amide bonds. The lowest BCUT2D eigenvalue weighted by Gasteiger charge is -2.51. The van der Waals surface area contributed by atoms with Gasteiger partial charge in [0.2, 0.25) is 5.79 Å². The summed E-state index contributed by atoms with van der Waals surface area (Å²) >= 11 is 0. The molecule has 1 spiro atoms. The number of hydrogen-bond acceptors (Lipinski definition) is 5. The van der Waals surface area contributed by atoms with Crippen molar-refractivity contribution in [2.45, 2.75) is 32.2 Å². The molecule has 6 nitrogen and oxygen atoms in total. The standard InChI is InChI=1S/C12H21NO5/c1-11(2,3)18-10(15)13-7-12(8-13)16-5-9(4-14)6-17-12/h9,14H,4-8H2,1-3H3. The first-order valence-corrected chi connectivity index (χ1v) is 6.20. The predicted octanol–water partition coefficient (Wildman–Crippen LogP) is 0.589. The highest BCUT2D eigenvalue weighted by atomic mass is 16.7. The van der Waals surface area contributed by atoms with Gasteiger partial charge in [-0.25, -0.2) is 4.79 Å². The maximum absolute atomic E-state index is 11.7. The van der Waals surface area contributed by atoms with Crippen LogP contribution in [0.4, 0.5) is 4.79 Å². The smallest absolute Gasteiger partial charge is 0.410 e. The van der Waals surface area contributed by atoms with Crippen LogP contribution in [0.15, 0.2) is 0 Å². The van der Waals surface area contributed by atoms with Crippen molar-refractivity contribution < 1.29 is 24.1 Å². The van der Waals surface area contributed by atoms with E-state index >= 15 is 0 Å². The summed E-state index contributed by atoms with van der Waals surface area (Å²) in [6, 6.07) is 0. The summed E-state index contributed by atoms with van der Waals surface area (Å²) in [4.78, 5) is 13.3. The molecule has 2 aliphatic rings. The summed E-state index contributed by atoms with van der Waals surface area (Å²) < 4.78 is 16.4. The van der Waals surface area contributed by atoms with Gasteiger partial charge in [-0.3, -0.25) is 4.90 Å². The van der Waals surface area contributed by atoms with E-state index in [0.717, 1.165) is 0 Å². The van der Waals surface area contributed by atoms with E-state index in [0.29, 0.717) is 26.3 Å². The number of ether oxygens (including phenoxy) is 3. The molecule has 0 saturated carbocycles. The predicted molar refractivity (Wildman–Crippen MR) is 63.0 cm³/mol. The van der Waals surface area contributed by atoms with Crippen LogP contribution in [0.5, 0.6) is 0 Å². The lowest BCUT2D eigenvalue weighted by molar-refractivity contribution is -0.329. The SMILES string of the molecule is CC(C)(C)OC(=O)N1CC2(C1)OCC(CO)CO2. The summed E-state index contributed by atoms with van der Waals surface area (Å²) in [7, 11) is 0. The first kappa shape index (κ1) is 13.6. The minimum atomic E-state index is -0.678. The molecule has 0 aromatic rings. The number of aliphatic hydroxyl groups excluding tert-OH is 1. The number of hydrogen-bond donors (Lipinski definition) is 1. The van der Waals surface area contributed by atoms with E-state index in [1.165, 1.54) is 0 Å². The fourth-order valence-corrected chi connectivity index (χ4v) is 1.91. The zero-order valence-electron chi connectivity index (χ0n) is 11.1. The molecular weight excluding hydrogens is 238 g/mol. The van der Waals surface area contributed by atoms with E-state index < -0.39 is 11.4 Å². The molecular formula is C12H21NO5. The van der Waals surface area contributed by atoms with Crippen molar-refractivity contribution in [3.63, 3.8) is 0 Å². The lowest BCUT2D eigenvalue weighted by Crippen LogP contribution is -2.68. The van der Waals surface area contributed by atoms with Crippen molar-refractivity contribution in [3.8, 4) is 0 Å². The molecule has 0 aromatic heterocycles. The van der Waals surface area contributed by atoms with E-state index in [9.17, 15) is 4.79 Å². The van der Waals surface area contributed by atoms with Crippen LogP contribution >= 0.6 is 0 Å². The topological polar surface area (TPSA) is 68.2 Å². The van der Waals surface area contributed by atoms with Crippen LogP contribution in [0.1, 0.15) is 20.8 Å². The summed E-state index contributed by atoms with van der Waals surface area (Å²) in [5, 5.41) is 8.98. The number of carbonyl (C=O) groups excluding carboxylic acids is 1. The van der Waals surface area contributed by atoms with Crippen molar-refractivity contribution in [3.05, 3.63) is 0 Å². The molecule has 0 unspecified atom stereocenters. The average Bonchev–Trinajstić information content (AvgIpc) is 2.23. The first-order valence-electron chi connectivity index (χ1n) is 6.20. The third kappa shape index (κ3) is 2.93. The highest BCUT2D eigenvalue weighted by molar-refractivity contribution is 5.69. The molecule has 2 aliphatic heterocycles. The molecule has 2 rings (SSSR count). The van der Waals surface area contributed by atoms with E-state index in [-0.39, 0.29) is 18.6 Å². The minimum Gasteiger partial charge on any atom is -0.444 e. The van der Waals surface area contributed by atoms with Crippen molar-refractivity contribution in [2.75, 3.05) is 32.9 Å². The quantitative estimate of drug-likeness (QED) is 0.746. The van der Waals surface area contributed by atoms with Gasteiger partial charge >= 0.3 is 6.09 Å². The molecule has 104 valence electrons. The maximum atomic E-state index is 11.7. The molecule has 0 radical (unpaired) electrons. The largest absolute Gasteiger partial charge is 0.444 e. The molecule has 1 N–H and O–H groups in total. The van der Waals surface area contributed by atoms with E-state index in [4.69, 9.17) is 19.3 Å². The molecule has 0 aliphatic carbocycles. The highest BCUT2D eigenvalue weighted by Crippen LogP contribution is 2.32. The van der Waals surface area contributed by atoms with Crippen LogP contribution < -0.4 is 0 Å². The van der Waals surface area contributed by atoms with Gasteiger partial charge in [0.15, 0.2) is 0 Å². The second kappa shape index (κ2) is 4.68. The number of rotatable bonds is 1. The van der Waals surface area contributed by atoms with Gasteiger partial charge in [0, 0.05) is 5.92 Å². The second-order valence-electron chi connectivity index (χ2n) is 5.92. The van der Waals surface area contributed by atoms with Crippen LogP contribution in [-0.2, 0) is 14.2 Å². The Morgan fingerprint density at radius 3 is 2.39 bits per heavy atom. The highest BCUT2D eigenvalue weighted by Gasteiger charge is 2.51. The Morgan fingerprint density at radius 1 is 1.39 bits per heavy atom. The Bertz CT molecular complexity index is 309. The Kier molecular flexibility index (Phi) is 3.53. The molecule has 2 heterocycles. The van der Waals surface area contributed by atoms with E-state index in [1.54, 1.807) is 4.90 Å². The van der Waals surface area contributed by atoms with Gasteiger partial charge in [0.25, 0.3) is 0 Å². The molecule has 2 saturated heterocycles. The van der Waals surface area contributed by atoms with Crippen molar-refractivity contribution in [1.82, 2.24) is 4.90 Å². The van der Waals surface area contributed by atoms with Gasteiger partial charge in [0.1, 0.15) is 5.60 Å².